The second-order valence-corrected chi connectivity index (χ2v) is 5.90. The summed E-state index contributed by atoms with van der Waals surface area (Å²) >= 11 is 0. The summed E-state index contributed by atoms with van der Waals surface area (Å²) in [6, 6.07) is 6.21. The van der Waals surface area contributed by atoms with Gasteiger partial charge in [0.1, 0.15) is 5.75 Å². The molecule has 1 aromatic rings. The molecule has 0 fully saturated rings. The molecule has 0 radical (unpaired) electrons. The van der Waals surface area contributed by atoms with Gasteiger partial charge in [0.2, 0.25) is 0 Å². The zero-order valence-corrected chi connectivity index (χ0v) is 13.1. The molecule has 108 valence electrons. The first kappa shape index (κ1) is 16.1. The van der Waals surface area contributed by atoms with Crippen molar-refractivity contribution in [1.82, 2.24) is 0 Å². The second kappa shape index (κ2) is 8.24. The Labute approximate surface area is 119 Å². The summed E-state index contributed by atoms with van der Waals surface area (Å²) in [5.74, 6) is 1.52. The molecule has 1 aromatic carbocycles. The normalized spacial score (nSPS) is 14.3. The SMILES string of the molecule is CCCCC(C)c1ccc(O)c(C(C)CCCC)c1. The lowest BCUT2D eigenvalue weighted by atomic mass is 9.89. The minimum absolute atomic E-state index is 0.457. The minimum atomic E-state index is 0.457. The van der Waals surface area contributed by atoms with E-state index in [-0.39, 0.29) is 0 Å². The lowest BCUT2D eigenvalue weighted by molar-refractivity contribution is 0.458. The minimum Gasteiger partial charge on any atom is -0.508 e. The molecule has 0 spiro atoms. The number of unbranched alkanes of at least 4 members (excludes halogenated alkanes) is 2. The van der Waals surface area contributed by atoms with Crippen molar-refractivity contribution >= 4 is 0 Å². The molecule has 1 rings (SSSR count). The first-order valence-electron chi connectivity index (χ1n) is 7.92. The first-order chi connectivity index (χ1) is 9.10. The van der Waals surface area contributed by atoms with Crippen molar-refractivity contribution in [1.29, 1.82) is 0 Å². The fraction of sp³-hybridized carbons (Fsp3) is 0.667. The van der Waals surface area contributed by atoms with Gasteiger partial charge in [0.25, 0.3) is 0 Å². The number of hydrogen-bond donors (Lipinski definition) is 1. The van der Waals surface area contributed by atoms with Crippen LogP contribution in [-0.4, -0.2) is 5.11 Å². The van der Waals surface area contributed by atoms with Crippen LogP contribution in [0.15, 0.2) is 18.2 Å². The molecule has 1 nitrogen and oxygen atoms in total. The molecule has 2 unspecified atom stereocenters. The van der Waals surface area contributed by atoms with E-state index < -0.39 is 0 Å². The lowest BCUT2D eigenvalue weighted by Gasteiger charge is -2.17. The summed E-state index contributed by atoms with van der Waals surface area (Å²) < 4.78 is 0. The quantitative estimate of drug-likeness (QED) is 0.611. The largest absolute Gasteiger partial charge is 0.508 e. The van der Waals surface area contributed by atoms with Gasteiger partial charge in [-0.1, -0.05) is 65.5 Å². The van der Waals surface area contributed by atoms with Gasteiger partial charge in [0, 0.05) is 0 Å². The van der Waals surface area contributed by atoms with Crippen LogP contribution in [0.3, 0.4) is 0 Å². The van der Waals surface area contributed by atoms with E-state index in [1.807, 2.05) is 6.07 Å². The van der Waals surface area contributed by atoms with Gasteiger partial charge >= 0.3 is 0 Å². The van der Waals surface area contributed by atoms with Crippen LogP contribution >= 0.6 is 0 Å². The van der Waals surface area contributed by atoms with Gasteiger partial charge in [0.05, 0.1) is 0 Å². The van der Waals surface area contributed by atoms with E-state index in [1.54, 1.807) is 0 Å². The molecule has 0 saturated heterocycles. The van der Waals surface area contributed by atoms with Crippen LogP contribution in [0.1, 0.15) is 89.2 Å². The van der Waals surface area contributed by atoms with E-state index >= 15 is 0 Å². The monoisotopic (exact) mass is 262 g/mol. The van der Waals surface area contributed by atoms with Crippen LogP contribution in [0.4, 0.5) is 0 Å². The molecule has 1 N–H and O–H groups in total. The standard InChI is InChI=1S/C18H30O/c1-5-7-9-14(3)16-11-12-18(19)17(13-16)15(4)10-8-6-2/h11-15,19H,5-10H2,1-4H3. The fourth-order valence-electron chi connectivity index (χ4n) is 2.62. The van der Waals surface area contributed by atoms with Crippen LogP contribution < -0.4 is 0 Å². The molecular weight excluding hydrogens is 232 g/mol. The Morgan fingerprint density at radius 1 is 0.947 bits per heavy atom. The predicted molar refractivity (Wildman–Crippen MR) is 84.0 cm³/mol. The summed E-state index contributed by atoms with van der Waals surface area (Å²) in [4.78, 5) is 0. The Bertz CT molecular complexity index is 370. The van der Waals surface area contributed by atoms with Gasteiger partial charge in [-0.2, -0.15) is 0 Å². The molecule has 1 heteroatoms. The summed E-state index contributed by atoms with van der Waals surface area (Å²) in [6.45, 7) is 8.98. The van der Waals surface area contributed by atoms with Gasteiger partial charge in [-0.05, 0) is 41.9 Å². The van der Waals surface area contributed by atoms with Crippen LogP contribution in [0.25, 0.3) is 0 Å². The Hall–Kier alpha value is -0.980. The van der Waals surface area contributed by atoms with Gasteiger partial charge < -0.3 is 5.11 Å². The highest BCUT2D eigenvalue weighted by Crippen LogP contribution is 2.33. The van der Waals surface area contributed by atoms with Crippen molar-refractivity contribution in [2.45, 2.75) is 78.1 Å². The van der Waals surface area contributed by atoms with E-state index in [0.717, 1.165) is 12.0 Å². The lowest BCUT2D eigenvalue weighted by Crippen LogP contribution is -1.99. The molecule has 0 bridgehead atoms. The maximum Gasteiger partial charge on any atom is 0.119 e. The summed E-state index contributed by atoms with van der Waals surface area (Å²) in [7, 11) is 0. The third-order valence-corrected chi connectivity index (χ3v) is 4.13. The third kappa shape index (κ3) is 4.89. The topological polar surface area (TPSA) is 20.2 Å². The first-order valence-corrected chi connectivity index (χ1v) is 7.92. The Balaban J connectivity index is 2.81. The number of phenolic OH excluding ortho intramolecular Hbond substituents is 1. The zero-order chi connectivity index (χ0) is 14.3. The van der Waals surface area contributed by atoms with Crippen LogP contribution in [0.2, 0.25) is 0 Å². The Morgan fingerprint density at radius 3 is 2.11 bits per heavy atom. The van der Waals surface area contributed by atoms with Crippen molar-refractivity contribution in [2.75, 3.05) is 0 Å². The summed E-state index contributed by atoms with van der Waals surface area (Å²) in [5, 5.41) is 10.1. The van der Waals surface area contributed by atoms with Crippen molar-refractivity contribution in [2.24, 2.45) is 0 Å². The highest BCUT2D eigenvalue weighted by molar-refractivity contribution is 5.39. The third-order valence-electron chi connectivity index (χ3n) is 4.13. The highest BCUT2D eigenvalue weighted by atomic mass is 16.3. The number of benzene rings is 1. The molecule has 0 amide bonds. The van der Waals surface area contributed by atoms with Gasteiger partial charge in [-0.25, -0.2) is 0 Å². The molecule has 0 aliphatic carbocycles. The predicted octanol–water partition coefficient (Wildman–Crippen LogP) is 5.98. The molecule has 19 heavy (non-hydrogen) atoms. The smallest absolute Gasteiger partial charge is 0.119 e. The van der Waals surface area contributed by atoms with Crippen molar-refractivity contribution < 1.29 is 5.11 Å². The number of aromatic hydroxyl groups is 1. The summed E-state index contributed by atoms with van der Waals surface area (Å²) in [5.41, 5.74) is 2.51. The van der Waals surface area contributed by atoms with Crippen molar-refractivity contribution in [3.8, 4) is 5.75 Å². The Kier molecular flexibility index (Phi) is 6.97. The fourth-order valence-corrected chi connectivity index (χ4v) is 2.62. The van der Waals surface area contributed by atoms with E-state index in [9.17, 15) is 5.11 Å². The number of hydrogen-bond acceptors (Lipinski definition) is 1. The number of rotatable bonds is 8. The van der Waals surface area contributed by atoms with Crippen LogP contribution in [0.5, 0.6) is 5.75 Å². The highest BCUT2D eigenvalue weighted by Gasteiger charge is 2.13. The van der Waals surface area contributed by atoms with E-state index in [2.05, 4.69) is 39.8 Å². The molecule has 0 saturated carbocycles. The average Bonchev–Trinajstić information content (AvgIpc) is 2.42. The van der Waals surface area contributed by atoms with Crippen LogP contribution in [-0.2, 0) is 0 Å². The summed E-state index contributed by atoms with van der Waals surface area (Å²) in [6.07, 6.45) is 7.39. The van der Waals surface area contributed by atoms with Crippen LogP contribution in [0, 0.1) is 0 Å². The van der Waals surface area contributed by atoms with Gasteiger partial charge in [-0.15, -0.1) is 0 Å². The number of phenols is 1. The molecule has 0 heterocycles. The average molecular weight is 262 g/mol. The second-order valence-electron chi connectivity index (χ2n) is 5.90. The molecular formula is C18H30O. The van der Waals surface area contributed by atoms with E-state index in [1.165, 1.54) is 37.7 Å². The van der Waals surface area contributed by atoms with Crippen molar-refractivity contribution in [3.05, 3.63) is 29.3 Å². The molecule has 0 aliphatic heterocycles. The maximum atomic E-state index is 10.1. The molecule has 2 atom stereocenters. The van der Waals surface area contributed by atoms with Gasteiger partial charge in [0.15, 0.2) is 0 Å². The van der Waals surface area contributed by atoms with E-state index in [4.69, 9.17) is 0 Å². The zero-order valence-electron chi connectivity index (χ0n) is 13.1. The molecule has 0 aliphatic rings. The van der Waals surface area contributed by atoms with Gasteiger partial charge in [-0.3, -0.25) is 0 Å². The maximum absolute atomic E-state index is 10.1. The Morgan fingerprint density at radius 2 is 1.53 bits per heavy atom. The molecule has 0 aromatic heterocycles. The van der Waals surface area contributed by atoms with Crippen molar-refractivity contribution in [3.63, 3.8) is 0 Å². The van der Waals surface area contributed by atoms with E-state index in [0.29, 0.717) is 17.6 Å².